The van der Waals surface area contributed by atoms with Crippen molar-refractivity contribution in [2.24, 2.45) is 4.99 Å². The van der Waals surface area contributed by atoms with Crippen LogP contribution in [-0.2, 0) is 9.53 Å². The number of esters is 1. The number of carbonyl (C=O) groups excluding carboxylic acids is 1. The SMILES string of the molecule is O=C1OC(c2cccc(Cl)c2Cl)=NC1=Cc1ccc(Cl)cc1. The van der Waals surface area contributed by atoms with Gasteiger partial charge < -0.3 is 4.74 Å². The van der Waals surface area contributed by atoms with Crippen LogP contribution < -0.4 is 0 Å². The smallest absolute Gasteiger partial charge is 0.363 e. The van der Waals surface area contributed by atoms with Gasteiger partial charge in [-0.05, 0) is 35.9 Å². The van der Waals surface area contributed by atoms with E-state index in [1.807, 2.05) is 0 Å². The van der Waals surface area contributed by atoms with Crippen LogP contribution in [0.4, 0.5) is 0 Å². The van der Waals surface area contributed by atoms with Gasteiger partial charge in [0, 0.05) is 5.02 Å². The molecule has 6 heteroatoms. The topological polar surface area (TPSA) is 38.7 Å². The second kappa shape index (κ2) is 6.13. The summed E-state index contributed by atoms with van der Waals surface area (Å²) in [4.78, 5) is 16.1. The van der Waals surface area contributed by atoms with Crippen molar-refractivity contribution in [3.05, 3.63) is 74.4 Å². The zero-order chi connectivity index (χ0) is 15.7. The Balaban J connectivity index is 1.98. The Hall–Kier alpha value is -1.81. The van der Waals surface area contributed by atoms with Crippen molar-refractivity contribution in [3.63, 3.8) is 0 Å². The second-order valence-corrected chi connectivity index (χ2v) is 5.71. The molecule has 0 spiro atoms. The number of rotatable bonds is 2. The monoisotopic (exact) mass is 351 g/mol. The predicted octanol–water partition coefficient (Wildman–Crippen LogP) is 4.99. The molecule has 2 aromatic rings. The minimum Gasteiger partial charge on any atom is -0.402 e. The molecule has 0 aliphatic carbocycles. The maximum atomic E-state index is 11.9. The fraction of sp³-hybridized carbons (Fsp3) is 0. The molecule has 1 aliphatic heterocycles. The number of halogens is 3. The lowest BCUT2D eigenvalue weighted by atomic mass is 10.2. The van der Waals surface area contributed by atoms with Crippen LogP contribution in [0.15, 0.2) is 53.2 Å². The Morgan fingerprint density at radius 1 is 1.00 bits per heavy atom. The summed E-state index contributed by atoms with van der Waals surface area (Å²) in [6.45, 7) is 0. The molecule has 0 N–H and O–H groups in total. The second-order valence-electron chi connectivity index (χ2n) is 4.49. The minimum absolute atomic E-state index is 0.137. The summed E-state index contributed by atoms with van der Waals surface area (Å²) in [6.07, 6.45) is 1.62. The first-order chi connectivity index (χ1) is 10.5. The van der Waals surface area contributed by atoms with Crippen LogP contribution in [0.2, 0.25) is 15.1 Å². The molecule has 0 saturated heterocycles. The van der Waals surface area contributed by atoms with Crippen LogP contribution in [0.5, 0.6) is 0 Å². The molecule has 0 atom stereocenters. The standard InChI is InChI=1S/C16H8Cl3NO2/c17-10-6-4-9(5-7-10)8-13-16(21)22-15(20-13)11-2-1-3-12(18)14(11)19/h1-8H. The van der Waals surface area contributed by atoms with Crippen LogP contribution >= 0.6 is 34.8 Å². The molecular weight excluding hydrogens is 345 g/mol. The molecule has 2 aromatic carbocycles. The van der Waals surface area contributed by atoms with Gasteiger partial charge in [-0.1, -0.05) is 53.0 Å². The lowest BCUT2D eigenvalue weighted by molar-refractivity contribution is -0.129. The number of benzene rings is 2. The minimum atomic E-state index is -0.541. The quantitative estimate of drug-likeness (QED) is 0.564. The normalized spacial score (nSPS) is 15.9. The number of aliphatic imine (C=N–C) groups is 1. The van der Waals surface area contributed by atoms with E-state index in [-0.39, 0.29) is 11.6 Å². The Kier molecular flexibility index (Phi) is 4.21. The van der Waals surface area contributed by atoms with Gasteiger partial charge in [-0.3, -0.25) is 0 Å². The van der Waals surface area contributed by atoms with Crippen molar-refractivity contribution >= 4 is 52.7 Å². The van der Waals surface area contributed by atoms with E-state index in [1.165, 1.54) is 0 Å². The van der Waals surface area contributed by atoms with Crippen molar-refractivity contribution in [1.82, 2.24) is 0 Å². The molecule has 0 aromatic heterocycles. The van der Waals surface area contributed by atoms with E-state index in [0.717, 1.165) is 5.56 Å². The van der Waals surface area contributed by atoms with Crippen LogP contribution in [0.1, 0.15) is 11.1 Å². The van der Waals surface area contributed by atoms with E-state index < -0.39 is 5.97 Å². The third-order valence-corrected chi connectivity index (χ3v) is 4.05. The van der Waals surface area contributed by atoms with Gasteiger partial charge in [0.25, 0.3) is 0 Å². The third-order valence-electron chi connectivity index (χ3n) is 2.98. The van der Waals surface area contributed by atoms with Crippen LogP contribution in [0, 0.1) is 0 Å². The van der Waals surface area contributed by atoms with Gasteiger partial charge in [0.05, 0.1) is 15.6 Å². The van der Waals surface area contributed by atoms with Crippen molar-refractivity contribution in [3.8, 4) is 0 Å². The fourth-order valence-corrected chi connectivity index (χ4v) is 2.42. The highest BCUT2D eigenvalue weighted by molar-refractivity contribution is 6.44. The first-order valence-electron chi connectivity index (χ1n) is 6.27. The van der Waals surface area contributed by atoms with E-state index in [0.29, 0.717) is 20.6 Å². The van der Waals surface area contributed by atoms with Gasteiger partial charge in [-0.2, -0.15) is 0 Å². The maximum absolute atomic E-state index is 11.9. The summed E-state index contributed by atoms with van der Waals surface area (Å²) in [7, 11) is 0. The first-order valence-corrected chi connectivity index (χ1v) is 7.40. The van der Waals surface area contributed by atoms with E-state index in [9.17, 15) is 4.79 Å². The zero-order valence-corrected chi connectivity index (χ0v) is 13.3. The van der Waals surface area contributed by atoms with E-state index in [4.69, 9.17) is 39.5 Å². The van der Waals surface area contributed by atoms with Gasteiger partial charge in [0.1, 0.15) is 0 Å². The highest BCUT2D eigenvalue weighted by Gasteiger charge is 2.26. The molecule has 1 heterocycles. The lowest BCUT2D eigenvalue weighted by Crippen LogP contribution is -2.06. The number of cyclic esters (lactones) is 1. The largest absolute Gasteiger partial charge is 0.402 e. The molecule has 0 radical (unpaired) electrons. The summed E-state index contributed by atoms with van der Waals surface area (Å²) in [6, 6.07) is 12.1. The number of carbonyl (C=O) groups is 1. The molecule has 0 saturated carbocycles. The van der Waals surface area contributed by atoms with E-state index in [1.54, 1.807) is 48.5 Å². The first kappa shape index (κ1) is 15.1. The fourth-order valence-electron chi connectivity index (χ4n) is 1.91. The molecule has 0 amide bonds. The van der Waals surface area contributed by atoms with Crippen LogP contribution in [0.3, 0.4) is 0 Å². The molecule has 0 fully saturated rings. The van der Waals surface area contributed by atoms with E-state index >= 15 is 0 Å². The Morgan fingerprint density at radius 2 is 1.73 bits per heavy atom. The molecular formula is C16H8Cl3NO2. The highest BCUT2D eigenvalue weighted by atomic mass is 35.5. The van der Waals surface area contributed by atoms with Crippen molar-refractivity contribution in [2.75, 3.05) is 0 Å². The highest BCUT2D eigenvalue weighted by Crippen LogP contribution is 2.29. The summed E-state index contributed by atoms with van der Waals surface area (Å²) in [5, 5.41) is 1.28. The van der Waals surface area contributed by atoms with Gasteiger partial charge in [-0.25, -0.2) is 9.79 Å². The summed E-state index contributed by atoms with van der Waals surface area (Å²) < 4.78 is 5.17. The molecule has 110 valence electrons. The van der Waals surface area contributed by atoms with E-state index in [2.05, 4.69) is 4.99 Å². The molecule has 3 rings (SSSR count). The van der Waals surface area contributed by atoms with Crippen LogP contribution in [-0.4, -0.2) is 11.9 Å². The summed E-state index contributed by atoms with van der Waals surface area (Å²) in [5.74, 6) is -0.404. The van der Waals surface area contributed by atoms with Gasteiger partial charge in [0.2, 0.25) is 5.90 Å². The van der Waals surface area contributed by atoms with Crippen LogP contribution in [0.25, 0.3) is 6.08 Å². The molecule has 3 nitrogen and oxygen atoms in total. The summed E-state index contributed by atoms with van der Waals surface area (Å²) in [5.41, 5.74) is 1.45. The van der Waals surface area contributed by atoms with Gasteiger partial charge in [-0.15, -0.1) is 0 Å². The Bertz CT molecular complexity index is 811. The van der Waals surface area contributed by atoms with Crippen molar-refractivity contribution < 1.29 is 9.53 Å². The molecule has 0 unspecified atom stereocenters. The summed E-state index contributed by atoms with van der Waals surface area (Å²) >= 11 is 17.9. The molecule has 0 bridgehead atoms. The molecule has 1 aliphatic rings. The van der Waals surface area contributed by atoms with Gasteiger partial charge >= 0.3 is 5.97 Å². The Labute approximate surface area is 141 Å². The number of nitrogens with zero attached hydrogens (tertiary/aromatic N) is 1. The van der Waals surface area contributed by atoms with Gasteiger partial charge in [0.15, 0.2) is 5.70 Å². The third kappa shape index (κ3) is 3.02. The average Bonchev–Trinajstić information content (AvgIpc) is 2.85. The number of hydrogen-bond acceptors (Lipinski definition) is 3. The predicted molar refractivity (Wildman–Crippen MR) is 88.5 cm³/mol. The van der Waals surface area contributed by atoms with Crippen molar-refractivity contribution in [2.45, 2.75) is 0 Å². The van der Waals surface area contributed by atoms with Crippen molar-refractivity contribution in [1.29, 1.82) is 0 Å². The maximum Gasteiger partial charge on any atom is 0.363 e. The number of ether oxygens (including phenoxy) is 1. The average molecular weight is 353 g/mol. The number of hydrogen-bond donors (Lipinski definition) is 0. The zero-order valence-electron chi connectivity index (χ0n) is 11.0. The molecule has 22 heavy (non-hydrogen) atoms. The Morgan fingerprint density at radius 3 is 2.45 bits per heavy atom. The lowest BCUT2D eigenvalue weighted by Gasteiger charge is -2.03.